The molecule has 21 heavy (non-hydrogen) atoms. The molecule has 6 heteroatoms. The predicted octanol–water partition coefficient (Wildman–Crippen LogP) is 2.87. The second-order valence-electron chi connectivity index (χ2n) is 4.39. The Labute approximate surface area is 126 Å². The molecule has 2 N–H and O–H groups in total. The van der Waals surface area contributed by atoms with Gasteiger partial charge in [-0.25, -0.2) is 0 Å². The first-order chi connectivity index (χ1) is 10.2. The van der Waals surface area contributed by atoms with Gasteiger partial charge in [0, 0.05) is 10.6 Å². The Morgan fingerprint density at radius 1 is 1.10 bits per heavy atom. The molecule has 0 spiro atoms. The fraction of sp³-hybridized carbons (Fsp3) is 0. The molecule has 104 valence electrons. The molecule has 0 atom stereocenters. The van der Waals surface area contributed by atoms with Crippen LogP contribution in [0.25, 0.3) is 11.1 Å². The second kappa shape index (κ2) is 5.38. The summed E-state index contributed by atoms with van der Waals surface area (Å²) in [5, 5.41) is 4.49. The third-order valence-electron chi connectivity index (χ3n) is 3.08. The van der Waals surface area contributed by atoms with Crippen LogP contribution in [-0.2, 0) is 0 Å². The normalized spacial score (nSPS) is 10.5. The number of nitrogen functional groups attached to an aromatic ring is 1. The first-order valence-corrected chi connectivity index (χ1v) is 6.60. The van der Waals surface area contributed by atoms with E-state index in [-0.39, 0.29) is 11.9 Å². The van der Waals surface area contributed by atoms with Gasteiger partial charge in [-0.2, -0.15) is 14.8 Å². The summed E-state index contributed by atoms with van der Waals surface area (Å²) in [6.07, 6.45) is 1.25. The van der Waals surface area contributed by atoms with Crippen LogP contribution < -0.4 is 5.73 Å². The van der Waals surface area contributed by atoms with Crippen LogP contribution in [0.5, 0.6) is 0 Å². The summed E-state index contributed by atoms with van der Waals surface area (Å²) in [6.45, 7) is 0. The molecule has 2 aromatic carbocycles. The molecule has 0 radical (unpaired) electrons. The Hall–Kier alpha value is -2.66. The average molecular weight is 299 g/mol. The van der Waals surface area contributed by atoms with Gasteiger partial charge < -0.3 is 5.73 Å². The number of hydrogen-bond donors (Lipinski definition) is 1. The zero-order chi connectivity index (χ0) is 14.8. The van der Waals surface area contributed by atoms with Crippen LogP contribution >= 0.6 is 11.6 Å². The maximum absolute atomic E-state index is 12.5. The van der Waals surface area contributed by atoms with E-state index in [0.717, 1.165) is 15.8 Å². The first-order valence-electron chi connectivity index (χ1n) is 6.22. The van der Waals surface area contributed by atoms with Crippen molar-refractivity contribution >= 4 is 23.5 Å². The number of benzene rings is 2. The number of aromatic nitrogens is 3. The number of carbonyl (C=O) groups is 1. The molecule has 0 unspecified atom stereocenters. The third-order valence-corrected chi connectivity index (χ3v) is 3.33. The highest BCUT2D eigenvalue weighted by atomic mass is 35.5. The lowest BCUT2D eigenvalue weighted by atomic mass is 9.99. The Balaban J connectivity index is 2.10. The monoisotopic (exact) mass is 298 g/mol. The van der Waals surface area contributed by atoms with Gasteiger partial charge in [0.05, 0.1) is 0 Å². The highest BCUT2D eigenvalue weighted by molar-refractivity contribution is 6.30. The second-order valence-corrected chi connectivity index (χ2v) is 4.82. The Morgan fingerprint density at radius 2 is 1.81 bits per heavy atom. The van der Waals surface area contributed by atoms with Gasteiger partial charge in [-0.15, -0.1) is 0 Å². The van der Waals surface area contributed by atoms with Gasteiger partial charge in [-0.05, 0) is 29.3 Å². The summed E-state index contributed by atoms with van der Waals surface area (Å²) in [4.78, 5) is 16.3. The minimum absolute atomic E-state index is 0.0610. The molecule has 0 amide bonds. The Kier molecular flexibility index (Phi) is 3.41. The summed E-state index contributed by atoms with van der Waals surface area (Å²) < 4.78 is 1.08. The average Bonchev–Trinajstić information content (AvgIpc) is 2.93. The van der Waals surface area contributed by atoms with E-state index in [2.05, 4.69) is 10.1 Å². The number of nitrogens with two attached hydrogens (primary N) is 1. The molecule has 3 aromatic rings. The molecule has 5 nitrogen and oxygen atoms in total. The van der Waals surface area contributed by atoms with Crippen molar-refractivity contribution in [1.29, 1.82) is 0 Å². The maximum atomic E-state index is 12.5. The van der Waals surface area contributed by atoms with E-state index in [1.165, 1.54) is 6.33 Å². The summed E-state index contributed by atoms with van der Waals surface area (Å²) in [5.74, 6) is -0.263. The molecule has 1 aromatic heterocycles. The number of anilines is 1. The van der Waals surface area contributed by atoms with Crippen molar-refractivity contribution in [1.82, 2.24) is 14.8 Å². The molecule has 0 aliphatic carbocycles. The quantitative estimate of drug-likeness (QED) is 0.789. The van der Waals surface area contributed by atoms with Crippen molar-refractivity contribution < 1.29 is 4.79 Å². The van der Waals surface area contributed by atoms with Gasteiger partial charge in [-0.3, -0.25) is 4.79 Å². The van der Waals surface area contributed by atoms with Crippen molar-refractivity contribution in [3.63, 3.8) is 0 Å². The zero-order valence-electron chi connectivity index (χ0n) is 10.9. The standard InChI is InChI=1S/C15H11ClN4O/c16-11-7-5-10(6-8-11)12-3-1-2-4-13(12)14(21)20-15(17)18-9-19-20/h1-9H,(H2,17,18,19). The molecule has 0 saturated carbocycles. The molecular weight excluding hydrogens is 288 g/mol. The highest BCUT2D eigenvalue weighted by Gasteiger charge is 2.17. The van der Waals surface area contributed by atoms with Crippen molar-refractivity contribution in [2.75, 3.05) is 5.73 Å². The van der Waals surface area contributed by atoms with E-state index >= 15 is 0 Å². The molecule has 0 aliphatic heterocycles. The lowest BCUT2D eigenvalue weighted by molar-refractivity contribution is 0.0948. The minimum Gasteiger partial charge on any atom is -0.368 e. The lowest BCUT2D eigenvalue weighted by Gasteiger charge is -2.09. The first kappa shape index (κ1) is 13.3. The summed E-state index contributed by atoms with van der Waals surface area (Å²) >= 11 is 5.90. The van der Waals surface area contributed by atoms with Gasteiger partial charge in [0.25, 0.3) is 5.91 Å². The molecular formula is C15H11ClN4O. The number of hydrogen-bond acceptors (Lipinski definition) is 4. The van der Waals surface area contributed by atoms with Gasteiger partial charge in [0.1, 0.15) is 6.33 Å². The fourth-order valence-electron chi connectivity index (χ4n) is 2.07. The van der Waals surface area contributed by atoms with E-state index in [9.17, 15) is 4.79 Å². The van der Waals surface area contributed by atoms with Crippen LogP contribution in [0.4, 0.5) is 5.95 Å². The minimum atomic E-state index is -0.324. The zero-order valence-corrected chi connectivity index (χ0v) is 11.7. The summed E-state index contributed by atoms with van der Waals surface area (Å²) in [7, 11) is 0. The largest absolute Gasteiger partial charge is 0.368 e. The molecule has 3 rings (SSSR count). The van der Waals surface area contributed by atoms with Crippen molar-refractivity contribution in [2.45, 2.75) is 0 Å². The molecule has 1 heterocycles. The Morgan fingerprint density at radius 3 is 2.48 bits per heavy atom. The van der Waals surface area contributed by atoms with Gasteiger partial charge in [0.2, 0.25) is 5.95 Å². The van der Waals surface area contributed by atoms with Crippen molar-refractivity contribution in [3.05, 3.63) is 65.4 Å². The number of halogens is 1. The van der Waals surface area contributed by atoms with Crippen LogP contribution in [0.2, 0.25) is 5.02 Å². The number of carbonyl (C=O) groups excluding carboxylic acids is 1. The number of nitrogens with zero attached hydrogens (tertiary/aromatic N) is 3. The molecule has 0 bridgehead atoms. The van der Waals surface area contributed by atoms with Crippen molar-refractivity contribution in [3.8, 4) is 11.1 Å². The molecule has 0 fully saturated rings. The van der Waals surface area contributed by atoms with E-state index in [0.29, 0.717) is 10.6 Å². The summed E-state index contributed by atoms with van der Waals surface area (Å²) in [6, 6.07) is 14.5. The Bertz CT molecular complexity index is 795. The van der Waals surface area contributed by atoms with Gasteiger partial charge in [-0.1, -0.05) is 41.9 Å². The van der Waals surface area contributed by atoms with Crippen LogP contribution in [0.1, 0.15) is 10.4 Å². The smallest absolute Gasteiger partial charge is 0.282 e. The van der Waals surface area contributed by atoms with E-state index in [1.807, 2.05) is 24.3 Å². The van der Waals surface area contributed by atoms with Gasteiger partial charge >= 0.3 is 0 Å². The van der Waals surface area contributed by atoms with E-state index in [4.69, 9.17) is 17.3 Å². The number of rotatable bonds is 2. The third kappa shape index (κ3) is 2.51. The van der Waals surface area contributed by atoms with Crippen molar-refractivity contribution in [2.24, 2.45) is 0 Å². The fourth-order valence-corrected chi connectivity index (χ4v) is 2.20. The lowest BCUT2D eigenvalue weighted by Crippen LogP contribution is -2.17. The van der Waals surface area contributed by atoms with Crippen LogP contribution in [0, 0.1) is 0 Å². The van der Waals surface area contributed by atoms with E-state index in [1.54, 1.807) is 24.3 Å². The summed E-state index contributed by atoms with van der Waals surface area (Å²) in [5.41, 5.74) is 7.81. The maximum Gasteiger partial charge on any atom is 0.282 e. The van der Waals surface area contributed by atoms with Crippen LogP contribution in [0.3, 0.4) is 0 Å². The predicted molar refractivity (Wildman–Crippen MR) is 81.1 cm³/mol. The topological polar surface area (TPSA) is 73.8 Å². The molecule has 0 saturated heterocycles. The molecule has 0 aliphatic rings. The van der Waals surface area contributed by atoms with Crippen LogP contribution in [0.15, 0.2) is 54.9 Å². The van der Waals surface area contributed by atoms with Gasteiger partial charge in [0.15, 0.2) is 0 Å². The highest BCUT2D eigenvalue weighted by Crippen LogP contribution is 2.26. The van der Waals surface area contributed by atoms with E-state index < -0.39 is 0 Å². The SMILES string of the molecule is Nc1ncnn1C(=O)c1ccccc1-c1ccc(Cl)cc1. The van der Waals surface area contributed by atoms with Crippen LogP contribution in [-0.4, -0.2) is 20.7 Å².